The zero-order chi connectivity index (χ0) is 12.2. The van der Waals surface area contributed by atoms with Crippen LogP contribution in [0.5, 0.6) is 0 Å². The summed E-state index contributed by atoms with van der Waals surface area (Å²) in [4.78, 5) is 0. The highest BCUT2D eigenvalue weighted by molar-refractivity contribution is 8.80. The summed E-state index contributed by atoms with van der Waals surface area (Å²) in [5, 5.41) is 0. The van der Waals surface area contributed by atoms with Gasteiger partial charge >= 0.3 is 0 Å². The van der Waals surface area contributed by atoms with Crippen molar-refractivity contribution in [3.05, 3.63) is 25.3 Å². The molecule has 0 rings (SSSR count). The van der Waals surface area contributed by atoms with E-state index in [0.717, 1.165) is 12.8 Å². The Morgan fingerprint density at radius 3 is 1.50 bits per heavy atom. The van der Waals surface area contributed by atoms with Gasteiger partial charge in [0, 0.05) is 0 Å². The van der Waals surface area contributed by atoms with Crippen molar-refractivity contribution >= 4 is 45.1 Å². The first kappa shape index (κ1) is 16.9. The summed E-state index contributed by atoms with van der Waals surface area (Å²) >= 11 is 3.90. The van der Waals surface area contributed by atoms with Crippen LogP contribution in [-0.4, -0.2) is 21.7 Å². The molecule has 94 valence electrons. The molecule has 0 N–H and O–H groups in total. The van der Waals surface area contributed by atoms with Crippen molar-refractivity contribution in [2.45, 2.75) is 34.8 Å². The molecule has 0 fully saturated rings. The molecule has 0 heterocycles. The Kier molecular flexibility index (Phi) is 13.0. The highest BCUT2D eigenvalue weighted by atomic mass is 33.1. The van der Waals surface area contributed by atoms with Crippen LogP contribution in [0.25, 0.3) is 0 Å². The molecule has 0 aromatic carbocycles. The minimum atomic E-state index is 0.696. The number of hydrogen-bond acceptors (Lipinski definition) is 4. The van der Waals surface area contributed by atoms with Crippen LogP contribution in [0.15, 0.2) is 25.3 Å². The molecule has 0 aliphatic carbocycles. The zero-order valence-corrected chi connectivity index (χ0v) is 13.5. The third-order valence-corrected chi connectivity index (χ3v) is 8.73. The van der Waals surface area contributed by atoms with E-state index in [1.807, 2.05) is 57.3 Å². The van der Waals surface area contributed by atoms with E-state index in [2.05, 4.69) is 25.7 Å². The molecule has 0 nitrogen and oxygen atoms in total. The topological polar surface area (TPSA) is 0 Å². The molecule has 0 aromatic heterocycles. The molecule has 0 saturated carbocycles. The fraction of sp³-hybridized carbons (Fsp3) is 0.667. The van der Waals surface area contributed by atoms with Gasteiger partial charge in [-0.25, -0.2) is 0 Å². The van der Waals surface area contributed by atoms with Crippen molar-refractivity contribution in [2.75, 3.05) is 12.5 Å². The van der Waals surface area contributed by atoms with Crippen molar-refractivity contribution in [1.29, 1.82) is 0 Å². The summed E-state index contributed by atoms with van der Waals surface area (Å²) in [6.07, 6.45) is 13.1. The summed E-state index contributed by atoms with van der Waals surface area (Å²) in [6, 6.07) is 0. The smallest absolute Gasteiger partial charge is 0.0606 e. The van der Waals surface area contributed by atoms with Crippen LogP contribution in [0.4, 0.5) is 0 Å². The van der Waals surface area contributed by atoms with Crippen LogP contribution in [-0.2, 0) is 0 Å². The Balaban J connectivity index is 3.77. The molecule has 4 heteroatoms. The van der Waals surface area contributed by atoms with E-state index < -0.39 is 0 Å². The summed E-state index contributed by atoms with van der Waals surface area (Å²) in [5.74, 6) is 0. The molecule has 0 spiro atoms. The quantitative estimate of drug-likeness (QED) is 0.273. The predicted octanol–water partition coefficient (Wildman–Crippen LogP) is 5.68. The van der Waals surface area contributed by atoms with E-state index in [0.29, 0.717) is 9.16 Å². The minimum Gasteiger partial charge on any atom is -0.150 e. The van der Waals surface area contributed by atoms with Crippen LogP contribution in [0.2, 0.25) is 0 Å². The Bertz CT molecular complexity index is 162. The lowest BCUT2D eigenvalue weighted by atomic mass is 10.3. The Morgan fingerprint density at radius 1 is 0.875 bits per heavy atom. The third-order valence-electron chi connectivity index (χ3n) is 2.01. The molecule has 2 unspecified atom stereocenters. The summed E-state index contributed by atoms with van der Waals surface area (Å²) in [5.41, 5.74) is 0. The van der Waals surface area contributed by atoms with Gasteiger partial charge in [-0.05, 0) is 38.2 Å². The van der Waals surface area contributed by atoms with Crippen molar-refractivity contribution in [3.63, 3.8) is 0 Å². The first-order valence-corrected chi connectivity index (χ1v) is 10.2. The van der Waals surface area contributed by atoms with Crippen LogP contribution in [0, 0.1) is 0 Å². The number of rotatable bonds is 11. The maximum Gasteiger partial charge on any atom is 0.0606 e. The second-order valence-electron chi connectivity index (χ2n) is 3.26. The maximum atomic E-state index is 3.78. The molecule has 2 atom stereocenters. The fourth-order valence-corrected chi connectivity index (χ4v) is 6.68. The lowest BCUT2D eigenvalue weighted by molar-refractivity contribution is 0.940. The van der Waals surface area contributed by atoms with E-state index in [1.165, 1.54) is 12.8 Å². The van der Waals surface area contributed by atoms with Crippen molar-refractivity contribution in [1.82, 2.24) is 0 Å². The van der Waals surface area contributed by atoms with Gasteiger partial charge in [-0.2, -0.15) is 23.5 Å². The number of allylic oxidation sites excluding steroid dienone is 2. The molecule has 0 aliphatic heterocycles. The van der Waals surface area contributed by atoms with Crippen LogP contribution >= 0.6 is 45.1 Å². The largest absolute Gasteiger partial charge is 0.150 e. The van der Waals surface area contributed by atoms with Gasteiger partial charge in [-0.15, -0.1) is 13.2 Å². The molecule has 0 bridgehead atoms. The van der Waals surface area contributed by atoms with Crippen LogP contribution < -0.4 is 0 Å². The third kappa shape index (κ3) is 8.97. The fourth-order valence-electron chi connectivity index (χ4n) is 1.04. The van der Waals surface area contributed by atoms with Gasteiger partial charge in [-0.3, -0.25) is 0 Å². The Hall–Kier alpha value is 0.880. The SMILES string of the molecule is C=CCCC(SC)SSC(CCC=C)SC. The van der Waals surface area contributed by atoms with Gasteiger partial charge in [0.15, 0.2) is 0 Å². The van der Waals surface area contributed by atoms with Gasteiger partial charge in [0.2, 0.25) is 0 Å². The van der Waals surface area contributed by atoms with Gasteiger partial charge < -0.3 is 0 Å². The van der Waals surface area contributed by atoms with Crippen LogP contribution in [0.1, 0.15) is 25.7 Å². The molecular formula is C12H22S4. The van der Waals surface area contributed by atoms with E-state index in [1.54, 1.807) is 0 Å². The van der Waals surface area contributed by atoms with Crippen LogP contribution in [0.3, 0.4) is 0 Å². The lowest BCUT2D eigenvalue weighted by Gasteiger charge is -2.17. The van der Waals surface area contributed by atoms with Gasteiger partial charge in [0.05, 0.1) is 9.16 Å². The summed E-state index contributed by atoms with van der Waals surface area (Å²) < 4.78 is 1.39. The highest BCUT2D eigenvalue weighted by Gasteiger charge is 2.12. The summed E-state index contributed by atoms with van der Waals surface area (Å²) in [6.45, 7) is 7.56. The minimum absolute atomic E-state index is 0.696. The van der Waals surface area contributed by atoms with Gasteiger partial charge in [0.1, 0.15) is 0 Å². The molecule has 0 radical (unpaired) electrons. The van der Waals surface area contributed by atoms with Gasteiger partial charge in [0.25, 0.3) is 0 Å². The Labute approximate surface area is 117 Å². The van der Waals surface area contributed by atoms with E-state index >= 15 is 0 Å². The Morgan fingerprint density at radius 2 is 1.25 bits per heavy atom. The monoisotopic (exact) mass is 294 g/mol. The second-order valence-corrected chi connectivity index (χ2v) is 8.61. The van der Waals surface area contributed by atoms with E-state index in [-0.39, 0.29) is 0 Å². The molecular weight excluding hydrogens is 272 g/mol. The van der Waals surface area contributed by atoms with E-state index in [9.17, 15) is 0 Å². The van der Waals surface area contributed by atoms with Crippen molar-refractivity contribution in [2.24, 2.45) is 0 Å². The number of thioether (sulfide) groups is 2. The first-order valence-electron chi connectivity index (χ1n) is 5.38. The molecule has 0 aromatic rings. The number of hydrogen-bond donors (Lipinski definition) is 0. The van der Waals surface area contributed by atoms with E-state index in [4.69, 9.17) is 0 Å². The highest BCUT2D eigenvalue weighted by Crippen LogP contribution is 2.42. The summed E-state index contributed by atoms with van der Waals surface area (Å²) in [7, 11) is 4.04. The maximum absolute atomic E-state index is 3.78. The molecule has 0 amide bonds. The lowest BCUT2D eigenvalue weighted by Crippen LogP contribution is -1.98. The molecule has 0 saturated heterocycles. The average Bonchev–Trinajstić information content (AvgIpc) is 2.33. The van der Waals surface area contributed by atoms with Gasteiger partial charge in [-0.1, -0.05) is 33.7 Å². The predicted molar refractivity (Wildman–Crippen MR) is 88.7 cm³/mol. The average molecular weight is 295 g/mol. The zero-order valence-electron chi connectivity index (χ0n) is 10.2. The standard InChI is InChI=1S/C12H22S4/c1-5-7-9-11(13-3)15-16-12(14-4)10-8-6-2/h5-6,11-12H,1-2,7-10H2,3-4H3. The second kappa shape index (κ2) is 12.3. The molecule has 0 aliphatic rings. The molecule has 16 heavy (non-hydrogen) atoms. The van der Waals surface area contributed by atoms with Crippen molar-refractivity contribution in [3.8, 4) is 0 Å². The first-order chi connectivity index (χ1) is 7.78. The van der Waals surface area contributed by atoms with Crippen molar-refractivity contribution < 1.29 is 0 Å². The normalized spacial score (nSPS) is 14.4.